The molecule has 0 heteroatoms. The van der Waals surface area contributed by atoms with Gasteiger partial charge < -0.3 is 0 Å². The van der Waals surface area contributed by atoms with E-state index >= 15 is 0 Å². The highest BCUT2D eigenvalue weighted by molar-refractivity contribution is 4.88. The summed E-state index contributed by atoms with van der Waals surface area (Å²) in [6.07, 6.45) is 41.7. The van der Waals surface area contributed by atoms with Crippen LogP contribution in [0.15, 0.2) is 0 Å². The van der Waals surface area contributed by atoms with Crippen LogP contribution in [0.3, 0.4) is 0 Å². The first kappa shape index (κ1) is 36.0. The van der Waals surface area contributed by atoms with Crippen LogP contribution in [-0.4, -0.2) is 0 Å². The Kier molecular flexibility index (Phi) is 24.6. The molecule has 0 bridgehead atoms. The number of hydrogen-bond acceptors (Lipinski definition) is 0. The van der Waals surface area contributed by atoms with Gasteiger partial charge in [0.2, 0.25) is 0 Å². The van der Waals surface area contributed by atoms with Crippen LogP contribution >= 0.6 is 0 Å². The monoisotopic (exact) mass is 533 g/mol. The van der Waals surface area contributed by atoms with Gasteiger partial charge in [-0.15, -0.1) is 0 Å². The molecular formula is C38H76. The Balaban J connectivity index is 2.65. The largest absolute Gasteiger partial charge is 0.0654 e. The molecule has 0 spiro atoms. The number of hydrogen-bond donors (Lipinski definition) is 0. The second-order valence-electron chi connectivity index (χ2n) is 14.1. The molecule has 0 aromatic heterocycles. The molecule has 1 fully saturated rings. The SMILES string of the molecule is CCCCCCCCCC1CCC(CCCCC)C(CCCCCCC)C1CCCCCCCCC(C)C. The van der Waals surface area contributed by atoms with Gasteiger partial charge in [-0.1, -0.05) is 189 Å². The molecule has 4 unspecified atom stereocenters. The first-order valence-electron chi connectivity index (χ1n) is 18.6. The van der Waals surface area contributed by atoms with Crippen LogP contribution in [0.5, 0.6) is 0 Å². The maximum atomic E-state index is 2.38. The zero-order valence-electron chi connectivity index (χ0n) is 27.7. The van der Waals surface area contributed by atoms with E-state index in [1.165, 1.54) is 141 Å². The van der Waals surface area contributed by atoms with Crippen LogP contribution in [0.2, 0.25) is 0 Å². The number of unbranched alkanes of at least 4 members (excludes halogenated alkanes) is 17. The highest BCUT2D eigenvalue weighted by Crippen LogP contribution is 2.47. The zero-order chi connectivity index (χ0) is 27.7. The third-order valence-electron chi connectivity index (χ3n) is 10.2. The van der Waals surface area contributed by atoms with Crippen molar-refractivity contribution in [2.45, 2.75) is 214 Å². The van der Waals surface area contributed by atoms with Crippen molar-refractivity contribution in [1.29, 1.82) is 0 Å². The van der Waals surface area contributed by atoms with Crippen molar-refractivity contribution < 1.29 is 0 Å². The summed E-state index contributed by atoms with van der Waals surface area (Å²) in [5.74, 6) is 5.11. The maximum absolute atomic E-state index is 2.38. The van der Waals surface area contributed by atoms with Gasteiger partial charge in [-0.3, -0.25) is 0 Å². The minimum Gasteiger partial charge on any atom is -0.0654 e. The summed E-state index contributed by atoms with van der Waals surface area (Å²) < 4.78 is 0. The van der Waals surface area contributed by atoms with E-state index in [1.807, 2.05) is 0 Å². The summed E-state index contributed by atoms with van der Waals surface area (Å²) in [6.45, 7) is 11.8. The van der Waals surface area contributed by atoms with Gasteiger partial charge in [-0.25, -0.2) is 0 Å². The van der Waals surface area contributed by atoms with E-state index in [1.54, 1.807) is 38.5 Å². The molecule has 4 atom stereocenters. The lowest BCUT2D eigenvalue weighted by atomic mass is 9.61. The standard InChI is InChI=1S/C38H76/c1-6-9-12-14-15-20-24-29-36-33-32-35(28-22-11-8-3)37(30-25-18-13-10-7-2)38(36)31-26-21-17-16-19-23-27-34(4)5/h34-38H,6-33H2,1-5H3. The van der Waals surface area contributed by atoms with Gasteiger partial charge >= 0.3 is 0 Å². The lowest BCUT2D eigenvalue weighted by Gasteiger charge is -2.44. The fourth-order valence-electron chi connectivity index (χ4n) is 7.82. The van der Waals surface area contributed by atoms with Crippen molar-refractivity contribution in [3.05, 3.63) is 0 Å². The highest BCUT2D eigenvalue weighted by Gasteiger charge is 2.37. The van der Waals surface area contributed by atoms with Crippen LogP contribution < -0.4 is 0 Å². The molecule has 0 nitrogen and oxygen atoms in total. The first-order valence-corrected chi connectivity index (χ1v) is 18.6. The Morgan fingerprint density at radius 1 is 0.395 bits per heavy atom. The smallest absolute Gasteiger partial charge is 0.0355 e. The summed E-state index contributed by atoms with van der Waals surface area (Å²) in [5, 5.41) is 0. The highest BCUT2D eigenvalue weighted by atomic mass is 14.4. The molecular weight excluding hydrogens is 456 g/mol. The van der Waals surface area contributed by atoms with Gasteiger partial charge in [0.25, 0.3) is 0 Å². The van der Waals surface area contributed by atoms with E-state index in [2.05, 4.69) is 34.6 Å². The van der Waals surface area contributed by atoms with Crippen molar-refractivity contribution >= 4 is 0 Å². The Morgan fingerprint density at radius 2 is 0.711 bits per heavy atom. The van der Waals surface area contributed by atoms with Crippen molar-refractivity contribution in [3.63, 3.8) is 0 Å². The van der Waals surface area contributed by atoms with E-state index in [4.69, 9.17) is 0 Å². The minimum absolute atomic E-state index is 0.888. The van der Waals surface area contributed by atoms with Crippen molar-refractivity contribution in [2.75, 3.05) is 0 Å². The minimum atomic E-state index is 0.888. The van der Waals surface area contributed by atoms with Crippen molar-refractivity contribution in [1.82, 2.24) is 0 Å². The summed E-state index contributed by atoms with van der Waals surface area (Å²) in [6, 6.07) is 0. The maximum Gasteiger partial charge on any atom is -0.0355 e. The summed E-state index contributed by atoms with van der Waals surface area (Å²) in [5.41, 5.74) is 0. The van der Waals surface area contributed by atoms with E-state index < -0.39 is 0 Å². The predicted molar refractivity (Wildman–Crippen MR) is 175 cm³/mol. The molecule has 0 aromatic rings. The second kappa shape index (κ2) is 25.9. The molecule has 38 heavy (non-hydrogen) atoms. The third kappa shape index (κ3) is 18.4. The average molecular weight is 533 g/mol. The van der Waals surface area contributed by atoms with E-state index in [0.29, 0.717) is 0 Å². The van der Waals surface area contributed by atoms with Gasteiger partial charge in [0.1, 0.15) is 0 Å². The molecule has 1 aliphatic rings. The second-order valence-corrected chi connectivity index (χ2v) is 14.1. The zero-order valence-corrected chi connectivity index (χ0v) is 27.7. The normalized spacial score (nSPS) is 21.9. The quantitative estimate of drug-likeness (QED) is 0.0922. The molecule has 0 heterocycles. The van der Waals surface area contributed by atoms with E-state index in [-0.39, 0.29) is 0 Å². The lowest BCUT2D eigenvalue weighted by molar-refractivity contribution is 0.0581. The van der Waals surface area contributed by atoms with E-state index in [0.717, 1.165) is 29.6 Å². The van der Waals surface area contributed by atoms with Crippen molar-refractivity contribution in [3.8, 4) is 0 Å². The molecule has 228 valence electrons. The molecule has 0 aromatic carbocycles. The molecule has 0 amide bonds. The summed E-state index contributed by atoms with van der Waals surface area (Å²) >= 11 is 0. The lowest BCUT2D eigenvalue weighted by Crippen LogP contribution is -2.35. The summed E-state index contributed by atoms with van der Waals surface area (Å²) in [4.78, 5) is 0. The van der Waals surface area contributed by atoms with Crippen LogP contribution in [-0.2, 0) is 0 Å². The van der Waals surface area contributed by atoms with Crippen molar-refractivity contribution in [2.24, 2.45) is 29.6 Å². The molecule has 1 saturated carbocycles. The Morgan fingerprint density at radius 3 is 1.13 bits per heavy atom. The third-order valence-corrected chi connectivity index (χ3v) is 10.2. The van der Waals surface area contributed by atoms with Crippen LogP contribution in [0.4, 0.5) is 0 Å². The van der Waals surface area contributed by atoms with E-state index in [9.17, 15) is 0 Å². The average Bonchev–Trinajstić information content (AvgIpc) is 2.91. The number of rotatable bonds is 27. The van der Waals surface area contributed by atoms with Gasteiger partial charge in [-0.05, 0) is 55.3 Å². The molecule has 1 aliphatic carbocycles. The molecule has 0 aliphatic heterocycles. The topological polar surface area (TPSA) is 0 Å². The molecule has 0 saturated heterocycles. The van der Waals surface area contributed by atoms with Gasteiger partial charge in [-0.2, -0.15) is 0 Å². The molecule has 1 rings (SSSR count). The van der Waals surface area contributed by atoms with Gasteiger partial charge in [0.05, 0.1) is 0 Å². The fraction of sp³-hybridized carbons (Fsp3) is 1.00. The van der Waals surface area contributed by atoms with Crippen LogP contribution in [0.25, 0.3) is 0 Å². The van der Waals surface area contributed by atoms with Crippen LogP contribution in [0.1, 0.15) is 214 Å². The Bertz CT molecular complexity index is 465. The predicted octanol–water partition coefficient (Wildman–Crippen LogP) is 14.1. The van der Waals surface area contributed by atoms with Crippen LogP contribution in [0, 0.1) is 29.6 Å². The van der Waals surface area contributed by atoms with Gasteiger partial charge in [0.15, 0.2) is 0 Å². The Hall–Kier alpha value is 0. The molecule has 0 N–H and O–H groups in total. The first-order chi connectivity index (χ1) is 18.6. The summed E-state index contributed by atoms with van der Waals surface area (Å²) in [7, 11) is 0. The fourth-order valence-corrected chi connectivity index (χ4v) is 7.82. The van der Waals surface area contributed by atoms with Gasteiger partial charge in [0, 0.05) is 0 Å². The molecule has 0 radical (unpaired) electrons. The Labute approximate surface area is 243 Å².